The van der Waals surface area contributed by atoms with Crippen molar-refractivity contribution in [3.05, 3.63) is 22.4 Å². The van der Waals surface area contributed by atoms with Gasteiger partial charge in [-0.15, -0.1) is 0 Å². The maximum absolute atomic E-state index is 11.6. The molecule has 0 unspecified atom stereocenters. The number of nitrogens with one attached hydrogen (secondary N) is 1. The molecule has 0 bridgehead atoms. The molecule has 3 rings (SSSR count). The highest BCUT2D eigenvalue weighted by atomic mass is 32.2. The topological polar surface area (TPSA) is 58.6 Å². The van der Waals surface area contributed by atoms with Crippen molar-refractivity contribution in [1.29, 1.82) is 0 Å². The summed E-state index contributed by atoms with van der Waals surface area (Å²) in [5, 5.41) is 4.32. The van der Waals surface area contributed by atoms with Gasteiger partial charge in [0.15, 0.2) is 0 Å². The minimum Gasteiger partial charge on any atom is -0.380 e. The smallest absolute Gasteiger partial charge is 0.209 e. The van der Waals surface area contributed by atoms with Crippen LogP contribution in [0.4, 0.5) is 0 Å². The van der Waals surface area contributed by atoms with E-state index in [2.05, 4.69) is 26.4 Å². The van der Waals surface area contributed by atoms with E-state index in [1.54, 1.807) is 11.3 Å². The maximum Gasteiger partial charge on any atom is 0.209 e. The van der Waals surface area contributed by atoms with E-state index in [9.17, 15) is 8.42 Å². The van der Waals surface area contributed by atoms with Gasteiger partial charge in [0.2, 0.25) is 10.0 Å². The Morgan fingerprint density at radius 3 is 2.82 bits per heavy atom. The molecular weight excluding hydrogens is 320 g/mol. The molecule has 0 radical (unpaired) electrons. The highest BCUT2D eigenvalue weighted by Crippen LogP contribution is 2.41. The van der Waals surface area contributed by atoms with Crippen molar-refractivity contribution in [2.24, 2.45) is 5.41 Å². The molecule has 22 heavy (non-hydrogen) atoms. The average Bonchev–Trinajstić information content (AvgIpc) is 2.96. The quantitative estimate of drug-likeness (QED) is 0.903. The summed E-state index contributed by atoms with van der Waals surface area (Å²) < 4.78 is 31.6. The van der Waals surface area contributed by atoms with Gasteiger partial charge < -0.3 is 4.74 Å². The van der Waals surface area contributed by atoms with Gasteiger partial charge in [0.1, 0.15) is 0 Å². The lowest BCUT2D eigenvalue weighted by Gasteiger charge is -2.48. The molecule has 0 aliphatic carbocycles. The van der Waals surface area contributed by atoms with Crippen molar-refractivity contribution >= 4 is 21.4 Å². The summed E-state index contributed by atoms with van der Waals surface area (Å²) in [6.45, 7) is 4.29. The van der Waals surface area contributed by atoms with Gasteiger partial charge in [-0.1, -0.05) is 0 Å². The van der Waals surface area contributed by atoms with Crippen LogP contribution in [0.1, 0.15) is 24.8 Å². The zero-order chi connectivity index (χ0) is 15.6. The molecule has 0 amide bonds. The third-order valence-electron chi connectivity index (χ3n) is 4.96. The minimum absolute atomic E-state index is 0.0620. The van der Waals surface area contributed by atoms with Crippen molar-refractivity contribution in [1.82, 2.24) is 9.62 Å². The van der Waals surface area contributed by atoms with Crippen LogP contribution in [0.5, 0.6) is 0 Å². The summed E-state index contributed by atoms with van der Waals surface area (Å²) in [5.41, 5.74) is 1.44. The van der Waals surface area contributed by atoms with Crippen LogP contribution in [0, 0.1) is 5.41 Å². The Bertz CT molecular complexity index is 578. The molecule has 1 atom stereocenters. The molecular formula is C15H24N2O3S2. The summed E-state index contributed by atoms with van der Waals surface area (Å²) in [6, 6.07) is 2.09. The fourth-order valence-electron chi connectivity index (χ4n) is 3.64. The van der Waals surface area contributed by atoms with Crippen molar-refractivity contribution < 1.29 is 13.2 Å². The highest BCUT2D eigenvalue weighted by Gasteiger charge is 2.44. The molecule has 2 aliphatic heterocycles. The second kappa shape index (κ2) is 6.57. The highest BCUT2D eigenvalue weighted by molar-refractivity contribution is 7.88. The largest absolute Gasteiger partial charge is 0.380 e. The van der Waals surface area contributed by atoms with Crippen LogP contribution >= 0.6 is 11.3 Å². The molecule has 7 heteroatoms. The Hall–Kier alpha value is -0.470. The summed E-state index contributed by atoms with van der Waals surface area (Å²) in [6.07, 6.45) is 4.26. The Morgan fingerprint density at radius 1 is 1.41 bits per heavy atom. The van der Waals surface area contributed by atoms with Crippen LogP contribution in [0.2, 0.25) is 0 Å². The number of nitrogens with zero attached hydrogens (tertiary/aromatic N) is 1. The van der Waals surface area contributed by atoms with E-state index in [-0.39, 0.29) is 11.5 Å². The van der Waals surface area contributed by atoms with Gasteiger partial charge in [-0.2, -0.15) is 11.3 Å². The summed E-state index contributed by atoms with van der Waals surface area (Å²) in [7, 11) is -3.20. The van der Waals surface area contributed by atoms with Gasteiger partial charge >= 0.3 is 0 Å². The lowest BCUT2D eigenvalue weighted by atomic mass is 9.69. The van der Waals surface area contributed by atoms with Crippen molar-refractivity contribution in [3.63, 3.8) is 0 Å². The number of sulfonamides is 1. The SMILES string of the molecule is CS(=O)(=O)N[C@H]1COCCC12CCN(Cc1ccsc1)CC2. The van der Waals surface area contributed by atoms with Gasteiger partial charge in [-0.3, -0.25) is 4.90 Å². The third-order valence-corrected chi connectivity index (χ3v) is 6.41. The molecule has 1 N–H and O–H groups in total. The van der Waals surface area contributed by atoms with Gasteiger partial charge in [0, 0.05) is 13.2 Å². The predicted octanol–water partition coefficient (Wildman–Crippen LogP) is 1.67. The van der Waals surface area contributed by atoms with Crippen LogP contribution < -0.4 is 4.72 Å². The fourth-order valence-corrected chi connectivity index (χ4v) is 5.14. The number of piperidine rings is 1. The van der Waals surface area contributed by atoms with Crippen molar-refractivity contribution in [2.45, 2.75) is 31.8 Å². The molecule has 2 saturated heterocycles. The maximum atomic E-state index is 11.6. The molecule has 124 valence electrons. The minimum atomic E-state index is -3.20. The van der Waals surface area contributed by atoms with Crippen LogP contribution in [-0.4, -0.2) is 51.9 Å². The Morgan fingerprint density at radius 2 is 2.18 bits per heavy atom. The zero-order valence-corrected chi connectivity index (χ0v) is 14.6. The third kappa shape index (κ3) is 3.89. The molecule has 0 saturated carbocycles. The number of hydrogen-bond donors (Lipinski definition) is 1. The first-order valence-electron chi connectivity index (χ1n) is 7.75. The molecule has 1 spiro atoms. The second-order valence-electron chi connectivity index (χ2n) is 6.54. The molecule has 2 fully saturated rings. The summed E-state index contributed by atoms with van der Waals surface area (Å²) in [4.78, 5) is 2.47. The first-order chi connectivity index (χ1) is 10.5. The van der Waals surface area contributed by atoms with Crippen molar-refractivity contribution in [3.8, 4) is 0 Å². The number of ether oxygens (including phenoxy) is 1. The van der Waals surface area contributed by atoms with E-state index in [1.165, 1.54) is 11.8 Å². The molecule has 5 nitrogen and oxygen atoms in total. The monoisotopic (exact) mass is 344 g/mol. The van der Waals surface area contributed by atoms with Gasteiger partial charge in [-0.25, -0.2) is 13.1 Å². The molecule has 1 aromatic heterocycles. The van der Waals surface area contributed by atoms with Gasteiger partial charge in [0.25, 0.3) is 0 Å². The number of hydrogen-bond acceptors (Lipinski definition) is 5. The molecule has 3 heterocycles. The fraction of sp³-hybridized carbons (Fsp3) is 0.733. The average molecular weight is 345 g/mol. The number of rotatable bonds is 4. The zero-order valence-electron chi connectivity index (χ0n) is 13.0. The van der Waals surface area contributed by atoms with Crippen molar-refractivity contribution in [2.75, 3.05) is 32.6 Å². The van der Waals surface area contributed by atoms with Crippen LogP contribution in [-0.2, 0) is 21.3 Å². The standard InChI is InChI=1S/C15H24N2O3S2/c1-22(18,19)16-14-11-20-8-5-15(14)3-6-17(7-4-15)10-13-2-9-21-12-13/h2,9,12,14,16H,3-8,10-11H2,1H3/t14-/m0/s1. The molecule has 2 aliphatic rings. The van der Waals surface area contributed by atoms with E-state index in [1.807, 2.05) is 0 Å². The van der Waals surface area contributed by atoms with E-state index in [4.69, 9.17) is 4.74 Å². The first-order valence-corrected chi connectivity index (χ1v) is 10.6. The second-order valence-corrected chi connectivity index (χ2v) is 9.10. The lowest BCUT2D eigenvalue weighted by Crippen LogP contribution is -2.57. The number of likely N-dealkylation sites (tertiary alicyclic amines) is 1. The van der Waals surface area contributed by atoms with Gasteiger partial charge in [-0.05, 0) is 60.2 Å². The summed E-state index contributed by atoms with van der Waals surface area (Å²) in [5.74, 6) is 0. The Labute approximate surface area is 136 Å². The predicted molar refractivity (Wildman–Crippen MR) is 88.5 cm³/mol. The lowest BCUT2D eigenvalue weighted by molar-refractivity contribution is -0.0445. The summed E-state index contributed by atoms with van der Waals surface area (Å²) >= 11 is 1.74. The van der Waals surface area contributed by atoms with Gasteiger partial charge in [0.05, 0.1) is 18.9 Å². The Kier molecular flexibility index (Phi) is 4.89. The van der Waals surface area contributed by atoms with E-state index in [0.717, 1.165) is 45.5 Å². The van der Waals surface area contributed by atoms with Crippen LogP contribution in [0.25, 0.3) is 0 Å². The van der Waals surface area contributed by atoms with E-state index in [0.29, 0.717) is 6.61 Å². The van der Waals surface area contributed by atoms with Crippen LogP contribution in [0.15, 0.2) is 16.8 Å². The molecule has 0 aromatic carbocycles. The normalized spacial score (nSPS) is 26.3. The molecule has 1 aromatic rings. The van der Waals surface area contributed by atoms with E-state index >= 15 is 0 Å². The van der Waals surface area contributed by atoms with E-state index < -0.39 is 10.0 Å². The first kappa shape index (κ1) is 16.4. The number of thiophene rings is 1. The Balaban J connectivity index is 1.63. The van der Waals surface area contributed by atoms with Crippen LogP contribution in [0.3, 0.4) is 0 Å².